The Morgan fingerprint density at radius 2 is 1.80 bits per heavy atom. The molecule has 124 valence electrons. The third-order valence-corrected chi connectivity index (χ3v) is 4.71. The maximum atomic E-state index is 12.5. The highest BCUT2D eigenvalue weighted by Gasteiger charge is 2.27. The van der Waals surface area contributed by atoms with Crippen LogP contribution in [0.25, 0.3) is 17.3 Å². The Hall–Kier alpha value is -3.14. The van der Waals surface area contributed by atoms with E-state index in [1.807, 2.05) is 48.5 Å². The number of H-pyrrole nitrogens is 1. The first-order valence-electron chi connectivity index (χ1n) is 8.39. The topological polar surface area (TPSA) is 57.8 Å². The number of rotatable bonds is 4. The van der Waals surface area contributed by atoms with Gasteiger partial charge >= 0.3 is 0 Å². The van der Waals surface area contributed by atoms with Crippen LogP contribution in [0.3, 0.4) is 0 Å². The number of hydrogen-bond acceptors (Lipinski definition) is 2. The first-order chi connectivity index (χ1) is 12.2. The van der Waals surface area contributed by atoms with E-state index in [1.165, 1.54) is 11.1 Å². The summed E-state index contributed by atoms with van der Waals surface area (Å²) in [6, 6.07) is 18.1. The maximum Gasteiger partial charge on any atom is 0.229 e. The lowest BCUT2D eigenvalue weighted by Gasteiger charge is -2.07. The zero-order chi connectivity index (χ0) is 17.2. The summed E-state index contributed by atoms with van der Waals surface area (Å²) in [5.41, 5.74) is 5.51. The van der Waals surface area contributed by atoms with Crippen molar-refractivity contribution in [2.75, 3.05) is 5.32 Å². The van der Waals surface area contributed by atoms with Crippen molar-refractivity contribution in [3.63, 3.8) is 0 Å². The van der Waals surface area contributed by atoms with Crippen LogP contribution in [0.15, 0.2) is 61.2 Å². The summed E-state index contributed by atoms with van der Waals surface area (Å²) >= 11 is 0. The first-order valence-corrected chi connectivity index (χ1v) is 8.39. The minimum Gasteiger partial charge on any atom is -0.309 e. The van der Waals surface area contributed by atoms with Gasteiger partial charge in [0.1, 0.15) is 0 Å². The number of carbonyl (C=O) groups excluding carboxylic acids is 1. The normalized spacial score (nSPS) is 13.4. The number of nitrogens with one attached hydrogen (secondary N) is 2. The van der Waals surface area contributed by atoms with Crippen molar-refractivity contribution in [2.45, 2.75) is 12.8 Å². The number of anilines is 1. The van der Waals surface area contributed by atoms with Crippen molar-refractivity contribution in [1.29, 1.82) is 0 Å². The molecule has 0 spiro atoms. The number of amides is 1. The molecule has 0 fully saturated rings. The van der Waals surface area contributed by atoms with Crippen LogP contribution in [0, 0.1) is 5.92 Å². The zero-order valence-corrected chi connectivity index (χ0v) is 13.8. The van der Waals surface area contributed by atoms with Gasteiger partial charge in [0.15, 0.2) is 5.82 Å². The number of aromatic amines is 1. The van der Waals surface area contributed by atoms with Gasteiger partial charge in [-0.1, -0.05) is 61.2 Å². The van der Waals surface area contributed by atoms with E-state index in [4.69, 9.17) is 0 Å². The van der Waals surface area contributed by atoms with Gasteiger partial charge in [0.25, 0.3) is 0 Å². The molecule has 0 radical (unpaired) electrons. The molecule has 1 amide bonds. The van der Waals surface area contributed by atoms with Crippen molar-refractivity contribution in [2.24, 2.45) is 5.92 Å². The fourth-order valence-electron chi connectivity index (χ4n) is 3.30. The molecule has 1 aliphatic rings. The molecule has 0 saturated carbocycles. The number of nitrogens with zero attached hydrogens (tertiary/aromatic N) is 1. The average Bonchev–Trinajstić information content (AvgIpc) is 3.28. The SMILES string of the molecule is C=Cc1ccc(-c2cc(NC(=O)C3Cc4ccccc4C3)n[nH]2)cc1. The van der Waals surface area contributed by atoms with Crippen molar-refractivity contribution in [3.8, 4) is 11.3 Å². The highest BCUT2D eigenvalue weighted by molar-refractivity contribution is 5.93. The van der Waals surface area contributed by atoms with Crippen LogP contribution in [0.5, 0.6) is 0 Å². The minimum atomic E-state index is -0.0237. The number of hydrogen-bond donors (Lipinski definition) is 2. The Kier molecular flexibility index (Phi) is 3.94. The molecule has 0 atom stereocenters. The first kappa shape index (κ1) is 15.4. The van der Waals surface area contributed by atoms with Gasteiger partial charge in [-0.3, -0.25) is 9.89 Å². The zero-order valence-electron chi connectivity index (χ0n) is 13.8. The van der Waals surface area contributed by atoms with E-state index >= 15 is 0 Å². The number of carbonyl (C=O) groups is 1. The van der Waals surface area contributed by atoms with E-state index in [-0.39, 0.29) is 11.8 Å². The lowest BCUT2D eigenvalue weighted by Crippen LogP contribution is -2.23. The van der Waals surface area contributed by atoms with Gasteiger partial charge in [0, 0.05) is 12.0 Å². The van der Waals surface area contributed by atoms with E-state index in [2.05, 4.69) is 34.2 Å². The molecule has 0 saturated heterocycles. The summed E-state index contributed by atoms with van der Waals surface area (Å²) in [6.45, 7) is 3.76. The van der Waals surface area contributed by atoms with Gasteiger partial charge < -0.3 is 5.32 Å². The molecule has 4 heteroatoms. The van der Waals surface area contributed by atoms with Crippen LogP contribution in [-0.2, 0) is 17.6 Å². The standard InChI is InChI=1S/C21H19N3O/c1-2-14-7-9-15(10-8-14)19-13-20(24-23-19)22-21(25)18-11-16-5-3-4-6-17(16)12-18/h2-10,13,18H,1,11-12H2,(H2,22,23,24,25). The summed E-state index contributed by atoms with van der Waals surface area (Å²) < 4.78 is 0. The van der Waals surface area contributed by atoms with Crippen molar-refractivity contribution >= 4 is 17.8 Å². The molecular weight excluding hydrogens is 310 g/mol. The molecule has 0 unspecified atom stereocenters. The summed E-state index contributed by atoms with van der Waals surface area (Å²) in [7, 11) is 0. The molecule has 2 N–H and O–H groups in total. The molecule has 4 rings (SSSR count). The fourth-order valence-corrected chi connectivity index (χ4v) is 3.30. The number of benzene rings is 2. The van der Waals surface area contributed by atoms with Gasteiger partial charge in [-0.15, -0.1) is 0 Å². The predicted molar refractivity (Wildman–Crippen MR) is 100 cm³/mol. The van der Waals surface area contributed by atoms with Gasteiger partial charge in [0.2, 0.25) is 5.91 Å². The van der Waals surface area contributed by atoms with E-state index < -0.39 is 0 Å². The molecule has 4 nitrogen and oxygen atoms in total. The maximum absolute atomic E-state index is 12.5. The molecule has 1 heterocycles. The summed E-state index contributed by atoms with van der Waals surface area (Å²) in [6.07, 6.45) is 3.40. The van der Waals surface area contributed by atoms with Crippen LogP contribution < -0.4 is 5.32 Å². The quantitative estimate of drug-likeness (QED) is 0.758. The lowest BCUT2D eigenvalue weighted by molar-refractivity contribution is -0.119. The monoisotopic (exact) mass is 329 g/mol. The fraction of sp³-hybridized carbons (Fsp3) is 0.143. The summed E-state index contributed by atoms with van der Waals surface area (Å²) in [4.78, 5) is 12.5. The summed E-state index contributed by atoms with van der Waals surface area (Å²) in [5, 5.41) is 10.1. The van der Waals surface area contributed by atoms with Crippen molar-refractivity contribution < 1.29 is 4.79 Å². The van der Waals surface area contributed by atoms with Crippen LogP contribution >= 0.6 is 0 Å². The molecule has 0 bridgehead atoms. The van der Waals surface area contributed by atoms with Crippen molar-refractivity contribution in [3.05, 3.63) is 77.9 Å². The largest absolute Gasteiger partial charge is 0.309 e. The molecule has 2 aromatic carbocycles. The van der Waals surface area contributed by atoms with Crippen LogP contribution in [0.1, 0.15) is 16.7 Å². The Labute approximate surface area is 146 Å². The van der Waals surface area contributed by atoms with E-state index in [9.17, 15) is 4.79 Å². The highest BCUT2D eigenvalue weighted by atomic mass is 16.2. The molecule has 1 aliphatic carbocycles. The molecule has 3 aromatic rings. The number of aromatic nitrogens is 2. The van der Waals surface area contributed by atoms with E-state index in [0.717, 1.165) is 29.7 Å². The van der Waals surface area contributed by atoms with Crippen LogP contribution in [0.2, 0.25) is 0 Å². The minimum absolute atomic E-state index is 0.0237. The molecule has 0 aliphatic heterocycles. The Morgan fingerprint density at radius 3 is 2.44 bits per heavy atom. The molecule has 1 aromatic heterocycles. The van der Waals surface area contributed by atoms with Crippen LogP contribution in [0.4, 0.5) is 5.82 Å². The Balaban J connectivity index is 1.44. The van der Waals surface area contributed by atoms with Gasteiger partial charge in [-0.05, 0) is 35.1 Å². The second-order valence-electron chi connectivity index (χ2n) is 6.36. The van der Waals surface area contributed by atoms with Gasteiger partial charge in [-0.2, -0.15) is 5.10 Å². The third kappa shape index (κ3) is 3.11. The van der Waals surface area contributed by atoms with E-state index in [1.54, 1.807) is 0 Å². The lowest BCUT2D eigenvalue weighted by atomic mass is 10.1. The second-order valence-corrected chi connectivity index (χ2v) is 6.36. The Morgan fingerprint density at radius 1 is 1.12 bits per heavy atom. The highest BCUT2D eigenvalue weighted by Crippen LogP contribution is 2.28. The molecular formula is C21H19N3O. The van der Waals surface area contributed by atoms with Gasteiger partial charge in [-0.25, -0.2) is 0 Å². The smallest absolute Gasteiger partial charge is 0.229 e. The predicted octanol–water partition coefficient (Wildman–Crippen LogP) is 4.07. The second kappa shape index (κ2) is 6.40. The van der Waals surface area contributed by atoms with Gasteiger partial charge in [0.05, 0.1) is 5.69 Å². The third-order valence-electron chi connectivity index (χ3n) is 4.71. The average molecular weight is 329 g/mol. The van der Waals surface area contributed by atoms with Crippen molar-refractivity contribution in [1.82, 2.24) is 10.2 Å². The number of fused-ring (bicyclic) bond motifs is 1. The summed E-state index contributed by atoms with van der Waals surface area (Å²) in [5.74, 6) is 0.560. The van der Waals surface area contributed by atoms with Crippen LogP contribution in [-0.4, -0.2) is 16.1 Å². The van der Waals surface area contributed by atoms with E-state index in [0.29, 0.717) is 5.82 Å². The molecule has 25 heavy (non-hydrogen) atoms. The Bertz CT molecular complexity index is 899.